The second kappa shape index (κ2) is 7.82. The number of hydrogen-bond acceptors (Lipinski definition) is 3. The average molecular weight is 342 g/mol. The first-order valence-corrected chi connectivity index (χ1v) is 7.15. The molecule has 2 amide bonds. The van der Waals surface area contributed by atoms with Crippen LogP contribution in [0.15, 0.2) is 42.7 Å². The molecule has 2 aromatic rings. The molecule has 1 heterocycles. The van der Waals surface area contributed by atoms with Crippen molar-refractivity contribution in [2.75, 3.05) is 18.5 Å². The number of alkyl halides is 3. The van der Waals surface area contributed by atoms with Crippen molar-refractivity contribution in [3.63, 3.8) is 0 Å². The van der Waals surface area contributed by atoms with E-state index >= 15 is 0 Å². The third-order valence-corrected chi connectivity index (χ3v) is 2.88. The van der Waals surface area contributed by atoms with Crippen molar-refractivity contribution in [1.29, 1.82) is 0 Å². The van der Waals surface area contributed by atoms with Gasteiger partial charge in [0.2, 0.25) is 0 Å². The summed E-state index contributed by atoms with van der Waals surface area (Å²) in [5.74, 6) is 0. The van der Waals surface area contributed by atoms with Crippen molar-refractivity contribution >= 4 is 11.7 Å². The summed E-state index contributed by atoms with van der Waals surface area (Å²) in [6.45, 7) is -0.0249. The highest BCUT2D eigenvalue weighted by atomic mass is 19.4. The van der Waals surface area contributed by atoms with Crippen LogP contribution < -0.4 is 10.6 Å². The fourth-order valence-electron chi connectivity index (χ4n) is 1.93. The zero-order valence-electron chi connectivity index (χ0n) is 12.9. The molecule has 0 fully saturated rings. The van der Waals surface area contributed by atoms with E-state index in [1.54, 1.807) is 48.3 Å². The van der Waals surface area contributed by atoms with E-state index in [1.807, 2.05) is 6.07 Å². The Hall–Kier alpha value is -2.55. The molecule has 6 nitrogen and oxygen atoms in total. The molecule has 2 N–H and O–H groups in total. The number of amides is 2. The van der Waals surface area contributed by atoms with Crippen LogP contribution in [0.1, 0.15) is 6.92 Å². The Labute approximate surface area is 136 Å². The maximum atomic E-state index is 12.0. The van der Waals surface area contributed by atoms with E-state index in [1.165, 1.54) is 0 Å². The predicted octanol–water partition coefficient (Wildman–Crippen LogP) is 2.96. The van der Waals surface area contributed by atoms with Crippen LogP contribution in [0.5, 0.6) is 0 Å². The quantitative estimate of drug-likeness (QED) is 0.848. The van der Waals surface area contributed by atoms with E-state index < -0.39 is 24.9 Å². The molecule has 0 radical (unpaired) electrons. The van der Waals surface area contributed by atoms with E-state index in [-0.39, 0.29) is 6.61 Å². The molecular formula is C15H17F3N4O2. The topological polar surface area (TPSA) is 68.2 Å². The van der Waals surface area contributed by atoms with Crippen LogP contribution in [0.4, 0.5) is 23.7 Å². The molecular weight excluding hydrogens is 325 g/mol. The molecule has 0 unspecified atom stereocenters. The Morgan fingerprint density at radius 3 is 2.83 bits per heavy atom. The maximum Gasteiger partial charge on any atom is 0.411 e. The molecule has 0 aliphatic rings. The number of carbonyl (C=O) groups is 1. The summed E-state index contributed by atoms with van der Waals surface area (Å²) in [6.07, 6.45) is -0.983. The van der Waals surface area contributed by atoms with Gasteiger partial charge in [-0.3, -0.25) is 0 Å². The number of rotatable bonds is 6. The summed E-state index contributed by atoms with van der Waals surface area (Å²) in [6, 6.07) is 7.66. The van der Waals surface area contributed by atoms with Crippen molar-refractivity contribution in [3.8, 4) is 5.69 Å². The van der Waals surface area contributed by atoms with Crippen LogP contribution >= 0.6 is 0 Å². The minimum absolute atomic E-state index is 0.236. The minimum atomic E-state index is -4.38. The minimum Gasteiger partial charge on any atom is -0.370 e. The molecule has 2 rings (SSSR count). The third kappa shape index (κ3) is 5.92. The van der Waals surface area contributed by atoms with Crippen LogP contribution in [0.2, 0.25) is 0 Å². The number of anilines is 1. The number of nitrogens with zero attached hydrogens (tertiary/aromatic N) is 2. The van der Waals surface area contributed by atoms with Crippen molar-refractivity contribution < 1.29 is 22.7 Å². The molecule has 0 saturated carbocycles. The molecule has 1 atom stereocenters. The van der Waals surface area contributed by atoms with Crippen molar-refractivity contribution in [2.45, 2.75) is 19.1 Å². The van der Waals surface area contributed by atoms with Gasteiger partial charge >= 0.3 is 12.2 Å². The summed E-state index contributed by atoms with van der Waals surface area (Å²) in [5, 5.41) is 9.21. The summed E-state index contributed by atoms with van der Waals surface area (Å²) in [5.41, 5.74) is 1.29. The number of urea groups is 1. The Morgan fingerprint density at radius 1 is 1.38 bits per heavy atom. The fourth-order valence-corrected chi connectivity index (χ4v) is 1.93. The largest absolute Gasteiger partial charge is 0.411 e. The van der Waals surface area contributed by atoms with Gasteiger partial charge in [-0.1, -0.05) is 6.07 Å². The molecule has 9 heteroatoms. The number of benzene rings is 1. The Morgan fingerprint density at radius 2 is 2.17 bits per heavy atom. The van der Waals surface area contributed by atoms with E-state index in [4.69, 9.17) is 0 Å². The lowest BCUT2D eigenvalue weighted by Gasteiger charge is -2.16. The number of nitrogens with one attached hydrogen (secondary N) is 2. The molecule has 1 aromatic heterocycles. The first-order chi connectivity index (χ1) is 11.3. The van der Waals surface area contributed by atoms with Gasteiger partial charge < -0.3 is 15.4 Å². The second-order valence-corrected chi connectivity index (χ2v) is 5.13. The van der Waals surface area contributed by atoms with Crippen molar-refractivity contribution in [1.82, 2.24) is 15.1 Å². The lowest BCUT2D eigenvalue weighted by Crippen LogP contribution is -2.39. The number of carbonyl (C=O) groups excluding carboxylic acids is 1. The summed E-state index contributed by atoms with van der Waals surface area (Å²) in [7, 11) is 0. The molecule has 24 heavy (non-hydrogen) atoms. The zero-order chi connectivity index (χ0) is 17.6. The zero-order valence-corrected chi connectivity index (χ0v) is 12.9. The average Bonchev–Trinajstić information content (AvgIpc) is 3.00. The van der Waals surface area contributed by atoms with Crippen LogP contribution in [-0.2, 0) is 4.74 Å². The predicted molar refractivity (Wildman–Crippen MR) is 82.1 cm³/mol. The highest BCUT2D eigenvalue weighted by Gasteiger charge is 2.27. The summed E-state index contributed by atoms with van der Waals surface area (Å²) < 4.78 is 42.1. The standard InChI is InChI=1S/C15H17F3N4O2/c1-11(9-24-10-15(16,17)18)20-14(23)21-12-4-2-5-13(8-12)22-7-3-6-19-22/h2-8,11H,9-10H2,1H3,(H2,20,21,23)/t11-/m0/s1. The van der Waals surface area contributed by atoms with Crippen molar-refractivity contribution in [3.05, 3.63) is 42.7 Å². The van der Waals surface area contributed by atoms with Gasteiger partial charge in [-0.05, 0) is 31.2 Å². The van der Waals surface area contributed by atoms with E-state index in [0.29, 0.717) is 5.69 Å². The first kappa shape index (κ1) is 17.8. The van der Waals surface area contributed by atoms with Crippen LogP contribution in [0, 0.1) is 0 Å². The van der Waals surface area contributed by atoms with Gasteiger partial charge in [0.15, 0.2) is 0 Å². The van der Waals surface area contributed by atoms with E-state index in [0.717, 1.165) is 5.69 Å². The summed E-state index contributed by atoms with van der Waals surface area (Å²) in [4.78, 5) is 11.9. The maximum absolute atomic E-state index is 12.0. The fraction of sp³-hybridized carbons (Fsp3) is 0.333. The van der Waals surface area contributed by atoms with Crippen LogP contribution in [0.25, 0.3) is 5.69 Å². The number of halogens is 3. The van der Waals surface area contributed by atoms with E-state index in [9.17, 15) is 18.0 Å². The molecule has 130 valence electrons. The highest BCUT2D eigenvalue weighted by Crippen LogP contribution is 2.15. The second-order valence-electron chi connectivity index (χ2n) is 5.13. The molecule has 1 aromatic carbocycles. The van der Waals surface area contributed by atoms with Gasteiger partial charge in [-0.25, -0.2) is 9.48 Å². The normalized spacial score (nSPS) is 12.7. The summed E-state index contributed by atoms with van der Waals surface area (Å²) >= 11 is 0. The Balaban J connectivity index is 1.83. The van der Waals surface area contributed by atoms with Gasteiger partial charge in [-0.2, -0.15) is 18.3 Å². The third-order valence-electron chi connectivity index (χ3n) is 2.88. The van der Waals surface area contributed by atoms with E-state index in [2.05, 4.69) is 20.5 Å². The van der Waals surface area contributed by atoms with Crippen molar-refractivity contribution in [2.24, 2.45) is 0 Å². The smallest absolute Gasteiger partial charge is 0.370 e. The number of ether oxygens (including phenoxy) is 1. The monoisotopic (exact) mass is 342 g/mol. The van der Waals surface area contributed by atoms with Crippen LogP contribution in [0.3, 0.4) is 0 Å². The number of hydrogen-bond donors (Lipinski definition) is 2. The molecule has 0 saturated heterocycles. The van der Waals surface area contributed by atoms with Gasteiger partial charge in [0.25, 0.3) is 0 Å². The van der Waals surface area contributed by atoms with Gasteiger partial charge in [0.1, 0.15) is 6.61 Å². The van der Waals surface area contributed by atoms with Gasteiger partial charge in [-0.15, -0.1) is 0 Å². The van der Waals surface area contributed by atoms with Gasteiger partial charge in [0, 0.05) is 18.1 Å². The number of aromatic nitrogens is 2. The molecule has 0 aliphatic heterocycles. The molecule has 0 bridgehead atoms. The SMILES string of the molecule is C[C@@H](COCC(F)(F)F)NC(=O)Nc1cccc(-n2cccn2)c1. The lowest BCUT2D eigenvalue weighted by atomic mass is 10.3. The Bertz CT molecular complexity index is 659. The molecule has 0 aliphatic carbocycles. The lowest BCUT2D eigenvalue weighted by molar-refractivity contribution is -0.174. The first-order valence-electron chi connectivity index (χ1n) is 7.15. The highest BCUT2D eigenvalue weighted by molar-refractivity contribution is 5.89. The van der Waals surface area contributed by atoms with Gasteiger partial charge in [0.05, 0.1) is 18.3 Å². The molecule has 0 spiro atoms. The van der Waals surface area contributed by atoms with Crippen LogP contribution in [-0.4, -0.2) is 41.2 Å². The Kier molecular flexibility index (Phi) is 5.80.